The van der Waals surface area contributed by atoms with E-state index < -0.39 is 5.97 Å². The Bertz CT molecular complexity index is 832. The highest BCUT2D eigenvalue weighted by Gasteiger charge is 2.11. The maximum absolute atomic E-state index is 11.1. The summed E-state index contributed by atoms with van der Waals surface area (Å²) in [4.78, 5) is 19.8. The van der Waals surface area contributed by atoms with Crippen molar-refractivity contribution in [1.29, 1.82) is 0 Å². The van der Waals surface area contributed by atoms with Gasteiger partial charge < -0.3 is 10.8 Å². The third kappa shape index (κ3) is 2.64. The van der Waals surface area contributed by atoms with Crippen LogP contribution in [0.2, 0.25) is 0 Å². The van der Waals surface area contributed by atoms with Crippen molar-refractivity contribution in [3.8, 4) is 22.6 Å². The summed E-state index contributed by atoms with van der Waals surface area (Å²) in [6.07, 6.45) is 1.54. The molecule has 3 N–H and O–H groups in total. The molecule has 0 amide bonds. The fraction of sp³-hybridized carbons (Fsp3) is 0. The predicted molar refractivity (Wildman–Crippen MR) is 84.3 cm³/mol. The number of hydrogen-bond acceptors (Lipinski definition) is 4. The van der Waals surface area contributed by atoms with Gasteiger partial charge in [-0.05, 0) is 12.1 Å². The molecule has 108 valence electrons. The quantitative estimate of drug-likeness (QED) is 0.774. The Balaban J connectivity index is 2.11. The van der Waals surface area contributed by atoms with Crippen LogP contribution in [0.5, 0.6) is 0 Å². The molecule has 0 bridgehead atoms. The molecule has 0 unspecified atom stereocenters. The number of carbonyl (C=O) groups is 1. The number of carboxylic acid groups (broad SMARTS) is 1. The summed E-state index contributed by atoms with van der Waals surface area (Å²) in [5, 5.41) is 9.09. The third-order valence-electron chi connectivity index (χ3n) is 3.23. The van der Waals surface area contributed by atoms with E-state index in [0.29, 0.717) is 22.8 Å². The summed E-state index contributed by atoms with van der Waals surface area (Å²) < 4.78 is 0. The van der Waals surface area contributed by atoms with Crippen LogP contribution < -0.4 is 5.73 Å². The van der Waals surface area contributed by atoms with E-state index in [-0.39, 0.29) is 5.56 Å². The van der Waals surface area contributed by atoms with Gasteiger partial charge in [-0.2, -0.15) is 0 Å². The van der Waals surface area contributed by atoms with E-state index in [1.165, 1.54) is 12.3 Å². The molecule has 1 aromatic heterocycles. The van der Waals surface area contributed by atoms with Crippen LogP contribution in [-0.2, 0) is 0 Å². The van der Waals surface area contributed by atoms with Gasteiger partial charge in [-0.3, -0.25) is 0 Å². The molecule has 0 fully saturated rings. The lowest BCUT2D eigenvalue weighted by molar-refractivity contribution is 0.0697. The molecule has 0 saturated heterocycles. The maximum Gasteiger partial charge on any atom is 0.335 e. The molecular weight excluding hydrogens is 278 g/mol. The van der Waals surface area contributed by atoms with Crippen LogP contribution in [0.4, 0.5) is 5.69 Å². The van der Waals surface area contributed by atoms with Crippen LogP contribution in [0.3, 0.4) is 0 Å². The van der Waals surface area contributed by atoms with Gasteiger partial charge in [-0.25, -0.2) is 14.8 Å². The Kier molecular flexibility index (Phi) is 3.53. The highest BCUT2D eigenvalue weighted by atomic mass is 16.4. The molecule has 0 saturated carbocycles. The molecular formula is C17H13N3O2. The second-order valence-electron chi connectivity index (χ2n) is 4.75. The highest BCUT2D eigenvalue weighted by molar-refractivity contribution is 5.90. The van der Waals surface area contributed by atoms with E-state index in [2.05, 4.69) is 9.97 Å². The van der Waals surface area contributed by atoms with Crippen molar-refractivity contribution in [2.45, 2.75) is 0 Å². The topological polar surface area (TPSA) is 89.1 Å². The van der Waals surface area contributed by atoms with Crippen molar-refractivity contribution in [3.05, 3.63) is 66.4 Å². The standard InChI is InChI=1S/C17H13N3O2/c18-14-10-19-16(11-5-2-1-3-6-11)20-15(14)12-7-4-8-13(9-12)17(21)22/h1-10H,18H2,(H,21,22). The number of aromatic nitrogens is 2. The van der Waals surface area contributed by atoms with E-state index >= 15 is 0 Å². The Labute approximate surface area is 127 Å². The van der Waals surface area contributed by atoms with Crippen LogP contribution >= 0.6 is 0 Å². The lowest BCUT2D eigenvalue weighted by Crippen LogP contribution is -2.00. The molecule has 5 nitrogen and oxygen atoms in total. The predicted octanol–water partition coefficient (Wildman–Crippen LogP) is 3.09. The van der Waals surface area contributed by atoms with Crippen LogP contribution in [0.15, 0.2) is 60.8 Å². The van der Waals surface area contributed by atoms with Crippen LogP contribution in [-0.4, -0.2) is 21.0 Å². The summed E-state index contributed by atoms with van der Waals surface area (Å²) in [5.74, 6) is -0.441. The second kappa shape index (κ2) is 5.65. The number of nitrogens with two attached hydrogens (primary N) is 1. The molecule has 0 radical (unpaired) electrons. The van der Waals surface area contributed by atoms with E-state index in [4.69, 9.17) is 10.8 Å². The van der Waals surface area contributed by atoms with Crippen LogP contribution in [0.25, 0.3) is 22.6 Å². The van der Waals surface area contributed by atoms with Crippen LogP contribution in [0.1, 0.15) is 10.4 Å². The lowest BCUT2D eigenvalue weighted by Gasteiger charge is -2.08. The summed E-state index contributed by atoms with van der Waals surface area (Å²) in [6.45, 7) is 0. The van der Waals surface area contributed by atoms with E-state index in [0.717, 1.165) is 5.56 Å². The number of hydrogen-bond donors (Lipinski definition) is 2. The van der Waals surface area contributed by atoms with Crippen LogP contribution in [0, 0.1) is 0 Å². The van der Waals surface area contributed by atoms with Crippen molar-refractivity contribution in [1.82, 2.24) is 9.97 Å². The summed E-state index contributed by atoms with van der Waals surface area (Å²) >= 11 is 0. The summed E-state index contributed by atoms with van der Waals surface area (Å²) in [7, 11) is 0. The van der Waals surface area contributed by atoms with Gasteiger partial charge in [0.15, 0.2) is 5.82 Å². The fourth-order valence-corrected chi connectivity index (χ4v) is 2.15. The molecule has 1 heterocycles. The van der Waals surface area contributed by atoms with Gasteiger partial charge >= 0.3 is 5.97 Å². The zero-order valence-corrected chi connectivity index (χ0v) is 11.6. The van der Waals surface area contributed by atoms with Crippen molar-refractivity contribution in [3.63, 3.8) is 0 Å². The van der Waals surface area contributed by atoms with Gasteiger partial charge in [0.2, 0.25) is 0 Å². The molecule has 3 aromatic rings. The molecule has 0 aliphatic rings. The first-order chi connectivity index (χ1) is 10.6. The monoisotopic (exact) mass is 291 g/mol. The lowest BCUT2D eigenvalue weighted by atomic mass is 10.1. The van der Waals surface area contributed by atoms with Crippen molar-refractivity contribution in [2.75, 3.05) is 5.73 Å². The average Bonchev–Trinajstić information content (AvgIpc) is 2.56. The van der Waals surface area contributed by atoms with Crippen molar-refractivity contribution >= 4 is 11.7 Å². The van der Waals surface area contributed by atoms with E-state index in [1.54, 1.807) is 18.2 Å². The molecule has 2 aromatic carbocycles. The summed E-state index contributed by atoms with van der Waals surface area (Å²) in [5.41, 5.74) is 8.60. The fourth-order valence-electron chi connectivity index (χ4n) is 2.15. The Hall–Kier alpha value is -3.21. The minimum Gasteiger partial charge on any atom is -0.478 e. The average molecular weight is 291 g/mol. The van der Waals surface area contributed by atoms with Gasteiger partial charge in [0, 0.05) is 11.1 Å². The Morgan fingerprint density at radius 1 is 1.00 bits per heavy atom. The molecule has 3 rings (SSSR count). The SMILES string of the molecule is Nc1cnc(-c2ccccc2)nc1-c1cccc(C(=O)O)c1. The molecule has 0 aliphatic heterocycles. The summed E-state index contributed by atoms with van der Waals surface area (Å²) in [6, 6.07) is 16.1. The van der Waals surface area contributed by atoms with Gasteiger partial charge in [-0.1, -0.05) is 42.5 Å². The third-order valence-corrected chi connectivity index (χ3v) is 3.23. The van der Waals surface area contributed by atoms with Crippen molar-refractivity contribution < 1.29 is 9.90 Å². The first-order valence-electron chi connectivity index (χ1n) is 6.67. The number of rotatable bonds is 3. The van der Waals surface area contributed by atoms with Gasteiger partial charge in [-0.15, -0.1) is 0 Å². The maximum atomic E-state index is 11.1. The van der Waals surface area contributed by atoms with E-state index in [9.17, 15) is 4.79 Å². The Morgan fingerprint density at radius 2 is 1.73 bits per heavy atom. The number of anilines is 1. The molecule has 5 heteroatoms. The molecule has 0 aliphatic carbocycles. The zero-order valence-electron chi connectivity index (χ0n) is 11.6. The number of nitrogen functional groups attached to an aromatic ring is 1. The molecule has 0 atom stereocenters. The minimum absolute atomic E-state index is 0.191. The smallest absolute Gasteiger partial charge is 0.335 e. The van der Waals surface area contributed by atoms with Crippen molar-refractivity contribution in [2.24, 2.45) is 0 Å². The Morgan fingerprint density at radius 3 is 2.45 bits per heavy atom. The number of carboxylic acids is 1. The van der Waals surface area contributed by atoms with E-state index in [1.807, 2.05) is 30.3 Å². The number of aromatic carboxylic acids is 1. The second-order valence-corrected chi connectivity index (χ2v) is 4.75. The normalized spacial score (nSPS) is 10.4. The van der Waals surface area contributed by atoms with Gasteiger partial charge in [0.1, 0.15) is 0 Å². The number of nitrogens with zero attached hydrogens (tertiary/aromatic N) is 2. The number of benzene rings is 2. The first-order valence-corrected chi connectivity index (χ1v) is 6.67. The minimum atomic E-state index is -0.988. The van der Waals surface area contributed by atoms with Gasteiger partial charge in [0.05, 0.1) is 23.1 Å². The molecule has 22 heavy (non-hydrogen) atoms. The highest BCUT2D eigenvalue weighted by Crippen LogP contribution is 2.26. The van der Waals surface area contributed by atoms with Gasteiger partial charge in [0.25, 0.3) is 0 Å². The molecule has 0 spiro atoms. The largest absolute Gasteiger partial charge is 0.478 e. The first kappa shape index (κ1) is 13.8. The zero-order chi connectivity index (χ0) is 15.5.